The summed E-state index contributed by atoms with van der Waals surface area (Å²) in [7, 11) is -21.8. The Morgan fingerprint density at radius 3 is 0.912 bits per heavy atom. The van der Waals surface area contributed by atoms with Crippen LogP contribution in [0.25, 0.3) is 32.3 Å². The lowest BCUT2D eigenvalue weighted by atomic mass is 10.1. The molecule has 0 bridgehead atoms. The molecule has 0 aliphatic carbocycles. The third-order valence-corrected chi connectivity index (χ3v) is 27.7. The molecule has 114 heavy (non-hydrogen) atoms. The second-order valence-corrected chi connectivity index (χ2v) is 35.5. The maximum Gasteiger partial charge on any atom is 0.294 e. The fourth-order valence-electron chi connectivity index (χ4n) is 11.6. The van der Waals surface area contributed by atoms with Crippen molar-refractivity contribution in [1.82, 2.24) is 15.0 Å². The van der Waals surface area contributed by atoms with Crippen LogP contribution in [-0.4, -0.2) is 132 Å². The van der Waals surface area contributed by atoms with Gasteiger partial charge in [0.15, 0.2) is 37.6 Å². The van der Waals surface area contributed by atoms with E-state index < -0.39 is 86.1 Å². The number of fused-ring (bicyclic) bond motifs is 3. The monoisotopic (exact) mass is 1670 g/mol. The molecule has 29 nitrogen and oxygen atoms in total. The zero-order chi connectivity index (χ0) is 82.3. The van der Waals surface area contributed by atoms with Crippen molar-refractivity contribution >= 4 is 146 Å². The molecule has 3 heterocycles. The number of carbonyl (C=O) groups is 3. The van der Waals surface area contributed by atoms with Gasteiger partial charge in [-0.25, -0.2) is 82.8 Å². The highest BCUT2D eigenvalue weighted by Crippen LogP contribution is 2.41. The SMILES string of the molecule is CCN(c1cnc(N(COC=O)S(=O)(=O)c2ccc(C)cc2)c2ccccc12)S(=O)(=O)c1ccc(F)cc1.CCN(c1cnc(N(COC=O)S(=O)(=O)c2ccc(C)cc2)c2ccccc12)S(=O)(=O)c1ccc(OC)cc1.COc1ccc(S(=O)(=O)Nc2cnc(N(COC=O)S(=O)(=O)c3ccc(C)cc3)c3ccccc23)cc1. The fraction of sp³-hybridized carbons (Fsp3) is 0.154. The standard InChI is InChI=1S/C27H27N3O7S2.C26H24FN3O6S2.C25H23N3O7S2/c1-4-29(38(32,33)23-15-11-21(36-3)12-16-23)26-17-28-27(25-8-6-5-7-24(25)26)30(18-37-19-31)39(34,35)22-13-9-20(2)10-14-22;1-3-29(37(32,33)22-14-10-20(27)11-15-22)25-16-28-26(24-7-5-4-6-23(24)25)30(17-36-18-31)38(34,35)21-12-8-19(2)9-13-21;1-18-7-11-21(12-8-18)37(32,33)28(16-35-17-29)25-23-6-4-3-5-22(23)24(15-26-25)27-36(30,31)20-13-9-19(34-2)10-14-20/h5-17,19H,4,18H2,1-3H3;4-16,18H,3,17H2,1-2H3;3-15,17,27H,16H2,1-2H3. The maximum atomic E-state index is 13.6. The van der Waals surface area contributed by atoms with Crippen LogP contribution in [-0.2, 0) is 88.7 Å². The lowest BCUT2D eigenvalue weighted by Gasteiger charge is -2.27. The molecular weight excluding hydrogens is 1590 g/mol. The molecule has 0 fully saturated rings. The summed E-state index contributed by atoms with van der Waals surface area (Å²) in [6, 6.07) is 54.7. The van der Waals surface area contributed by atoms with Crippen LogP contribution in [0.2, 0.25) is 0 Å². The first kappa shape index (κ1) is 84.1. The van der Waals surface area contributed by atoms with Gasteiger partial charge in [-0.1, -0.05) is 126 Å². The van der Waals surface area contributed by atoms with Gasteiger partial charge in [0, 0.05) is 45.4 Å². The topological polar surface area (TPSA) is 369 Å². The van der Waals surface area contributed by atoms with Crippen molar-refractivity contribution in [2.75, 3.05) is 73.7 Å². The smallest absolute Gasteiger partial charge is 0.294 e. The third-order valence-electron chi connectivity index (χ3n) is 17.4. The zero-order valence-corrected chi connectivity index (χ0v) is 66.8. The van der Waals surface area contributed by atoms with Gasteiger partial charge in [0.1, 0.15) is 17.3 Å². The van der Waals surface area contributed by atoms with Crippen LogP contribution in [0.3, 0.4) is 0 Å². The van der Waals surface area contributed by atoms with E-state index in [-0.39, 0.29) is 96.4 Å². The van der Waals surface area contributed by atoms with E-state index in [1.165, 1.54) is 122 Å². The van der Waals surface area contributed by atoms with Gasteiger partial charge in [0.05, 0.1) is 79.2 Å². The predicted octanol–water partition coefficient (Wildman–Crippen LogP) is 12.0. The highest BCUT2D eigenvalue weighted by Gasteiger charge is 2.35. The van der Waals surface area contributed by atoms with Gasteiger partial charge in [-0.05, 0) is 144 Å². The molecule has 0 saturated carbocycles. The minimum Gasteiger partial charge on any atom is -0.497 e. The minimum atomic E-state index is -4.23. The average molecular weight is 1670 g/mol. The lowest BCUT2D eigenvalue weighted by Crippen LogP contribution is -2.35. The van der Waals surface area contributed by atoms with Gasteiger partial charge in [0.25, 0.3) is 79.6 Å². The Hall–Kier alpha value is -12.4. The Bertz CT molecular complexity index is 6210. The Morgan fingerprint density at radius 2 is 0.605 bits per heavy atom. The number of hydrogen-bond acceptors (Lipinski definition) is 23. The van der Waals surface area contributed by atoms with Crippen molar-refractivity contribution in [2.24, 2.45) is 0 Å². The van der Waals surface area contributed by atoms with E-state index in [0.29, 0.717) is 43.8 Å². The normalized spacial score (nSPS) is 11.7. The first-order chi connectivity index (χ1) is 54.4. The van der Waals surface area contributed by atoms with Gasteiger partial charge in [-0.2, -0.15) is 0 Å². The number of nitrogens with zero attached hydrogens (tertiary/aromatic N) is 8. The molecule has 0 aliphatic heterocycles. The van der Waals surface area contributed by atoms with Crippen LogP contribution in [0.15, 0.2) is 266 Å². The maximum absolute atomic E-state index is 13.6. The molecule has 0 atom stereocenters. The summed E-state index contributed by atoms with van der Waals surface area (Å²) in [6.07, 6.45) is 3.78. The molecule has 594 valence electrons. The molecule has 0 spiro atoms. The summed E-state index contributed by atoms with van der Waals surface area (Å²) < 4.78 is 207. The van der Waals surface area contributed by atoms with Crippen molar-refractivity contribution in [3.63, 3.8) is 0 Å². The van der Waals surface area contributed by atoms with Crippen molar-refractivity contribution in [3.8, 4) is 11.5 Å². The lowest BCUT2D eigenvalue weighted by molar-refractivity contribution is -0.129. The van der Waals surface area contributed by atoms with E-state index in [1.807, 2.05) is 20.8 Å². The summed E-state index contributed by atoms with van der Waals surface area (Å²) in [4.78, 5) is 45.9. The van der Waals surface area contributed by atoms with Crippen LogP contribution in [0.1, 0.15) is 30.5 Å². The Labute approximate surface area is 658 Å². The summed E-state index contributed by atoms with van der Waals surface area (Å²) in [6.45, 7) is 7.40. The zero-order valence-electron chi connectivity index (χ0n) is 61.9. The van der Waals surface area contributed by atoms with Gasteiger partial charge in [-0.3, -0.25) is 27.7 Å². The third kappa shape index (κ3) is 18.2. The van der Waals surface area contributed by atoms with Crippen molar-refractivity contribution in [1.29, 1.82) is 0 Å². The molecule has 3 aromatic heterocycles. The van der Waals surface area contributed by atoms with E-state index in [4.69, 9.17) is 23.7 Å². The van der Waals surface area contributed by atoms with E-state index in [1.54, 1.807) is 135 Å². The summed E-state index contributed by atoms with van der Waals surface area (Å²) in [5.74, 6) is 0.335. The van der Waals surface area contributed by atoms with Crippen LogP contribution in [0.5, 0.6) is 11.5 Å². The minimum absolute atomic E-state index is 0.00409. The Morgan fingerprint density at radius 1 is 0.342 bits per heavy atom. The molecule has 9 aromatic carbocycles. The average Bonchev–Trinajstić information content (AvgIpc) is 0.761. The number of ether oxygens (including phenoxy) is 5. The number of halogens is 1. The number of aryl methyl sites for hydroxylation is 3. The van der Waals surface area contributed by atoms with Crippen LogP contribution in [0.4, 0.5) is 38.9 Å². The molecule has 12 rings (SSSR count). The fourth-order valence-corrected chi connectivity index (χ4v) is 19.6. The molecule has 0 aliphatic rings. The Kier molecular flexibility index (Phi) is 26.6. The first-order valence-corrected chi connectivity index (χ1v) is 42.8. The number of hydrogen-bond donors (Lipinski definition) is 1. The van der Waals surface area contributed by atoms with Crippen molar-refractivity contribution in [2.45, 2.75) is 64.0 Å². The quantitative estimate of drug-likeness (QED) is 0.0239. The van der Waals surface area contributed by atoms with E-state index in [2.05, 4.69) is 19.7 Å². The highest BCUT2D eigenvalue weighted by atomic mass is 32.2. The molecular formula is C78H74FN9O20S6. The predicted molar refractivity (Wildman–Crippen MR) is 427 cm³/mol. The van der Waals surface area contributed by atoms with Crippen LogP contribution < -0.4 is 35.7 Å². The molecule has 0 saturated heterocycles. The van der Waals surface area contributed by atoms with Crippen LogP contribution in [0, 0.1) is 26.6 Å². The molecule has 0 unspecified atom stereocenters. The number of aromatic nitrogens is 3. The Balaban J connectivity index is 0.000000181. The first-order valence-electron chi connectivity index (χ1n) is 34.1. The molecule has 0 amide bonds. The molecule has 12 aromatic rings. The second-order valence-electron chi connectivity index (χ2n) is 24.5. The second kappa shape index (κ2) is 36.0. The highest BCUT2D eigenvalue weighted by molar-refractivity contribution is 7.94. The number of rotatable bonds is 31. The van der Waals surface area contributed by atoms with E-state index >= 15 is 0 Å². The molecule has 0 radical (unpaired) electrons. The van der Waals surface area contributed by atoms with Crippen LogP contribution >= 0.6 is 0 Å². The van der Waals surface area contributed by atoms with Crippen molar-refractivity contribution in [3.05, 3.63) is 259 Å². The van der Waals surface area contributed by atoms with Crippen molar-refractivity contribution < 1.29 is 93.0 Å². The number of methoxy groups -OCH3 is 2. The van der Waals surface area contributed by atoms with E-state index in [0.717, 1.165) is 46.0 Å². The van der Waals surface area contributed by atoms with E-state index in [9.17, 15) is 69.3 Å². The molecule has 36 heteroatoms. The van der Waals surface area contributed by atoms with Gasteiger partial charge in [-0.15, -0.1) is 0 Å². The largest absolute Gasteiger partial charge is 0.497 e. The van der Waals surface area contributed by atoms with Gasteiger partial charge < -0.3 is 23.7 Å². The molecule has 1 N–H and O–H groups in total. The summed E-state index contributed by atoms with van der Waals surface area (Å²) in [5, 5.41) is 2.20. The number of sulfonamides is 6. The summed E-state index contributed by atoms with van der Waals surface area (Å²) in [5.41, 5.74) is 3.19. The number of carbonyl (C=O) groups excluding carboxylic acids is 3. The summed E-state index contributed by atoms with van der Waals surface area (Å²) >= 11 is 0. The number of nitrogens with one attached hydrogen (secondary N) is 1. The number of pyridine rings is 3. The van der Waals surface area contributed by atoms with Gasteiger partial charge >= 0.3 is 0 Å². The number of anilines is 6. The number of benzene rings is 9. The van der Waals surface area contributed by atoms with Gasteiger partial charge in [0.2, 0.25) is 0 Å².